The predicted molar refractivity (Wildman–Crippen MR) is 101 cm³/mol. The Morgan fingerprint density at radius 2 is 1.39 bits per heavy atom. The standard InChI is InChI=1S/C15H13Cl3N2O2S/c1-21-9-3-8(4-10(5-9)22-2)19-15(23)20-14-7-12(17)11(16)6-13(14)18/h3-7H,1-2H3,(H2,19,20,23). The second-order valence-electron chi connectivity index (χ2n) is 4.43. The zero-order valence-corrected chi connectivity index (χ0v) is 15.3. The maximum absolute atomic E-state index is 6.11. The predicted octanol–water partition coefficient (Wildman–Crippen LogP) is 5.47. The first-order valence-corrected chi connectivity index (χ1v) is 7.92. The van der Waals surface area contributed by atoms with Crippen LogP contribution in [0.3, 0.4) is 0 Å². The topological polar surface area (TPSA) is 42.5 Å². The highest BCUT2D eigenvalue weighted by molar-refractivity contribution is 7.80. The summed E-state index contributed by atoms with van der Waals surface area (Å²) in [6, 6.07) is 8.48. The Morgan fingerprint density at radius 3 is 1.96 bits per heavy atom. The first kappa shape index (κ1) is 17.9. The van der Waals surface area contributed by atoms with E-state index in [9.17, 15) is 0 Å². The smallest absolute Gasteiger partial charge is 0.175 e. The molecule has 0 aliphatic carbocycles. The minimum atomic E-state index is 0.334. The molecule has 2 aromatic carbocycles. The van der Waals surface area contributed by atoms with E-state index in [2.05, 4.69) is 10.6 Å². The van der Waals surface area contributed by atoms with Gasteiger partial charge in [0.15, 0.2) is 5.11 Å². The van der Waals surface area contributed by atoms with Crippen LogP contribution in [-0.4, -0.2) is 19.3 Å². The largest absolute Gasteiger partial charge is 0.497 e. The molecule has 0 heterocycles. The van der Waals surface area contributed by atoms with Gasteiger partial charge < -0.3 is 20.1 Å². The summed E-state index contributed by atoms with van der Waals surface area (Å²) in [7, 11) is 3.15. The second kappa shape index (κ2) is 7.93. The lowest BCUT2D eigenvalue weighted by atomic mass is 10.3. The van der Waals surface area contributed by atoms with Gasteiger partial charge in [0.25, 0.3) is 0 Å². The van der Waals surface area contributed by atoms with Crippen LogP contribution >= 0.6 is 47.0 Å². The normalized spacial score (nSPS) is 10.1. The van der Waals surface area contributed by atoms with E-state index < -0.39 is 0 Å². The van der Waals surface area contributed by atoms with E-state index in [1.54, 1.807) is 44.6 Å². The Labute approximate surface area is 154 Å². The van der Waals surface area contributed by atoms with Gasteiger partial charge in [-0.25, -0.2) is 0 Å². The molecule has 0 aromatic heterocycles. The number of methoxy groups -OCH3 is 2. The highest BCUT2D eigenvalue weighted by Gasteiger charge is 2.09. The van der Waals surface area contributed by atoms with Crippen LogP contribution in [0.25, 0.3) is 0 Å². The fourth-order valence-corrected chi connectivity index (χ4v) is 2.60. The van der Waals surface area contributed by atoms with Gasteiger partial charge in [0.1, 0.15) is 11.5 Å². The van der Waals surface area contributed by atoms with Gasteiger partial charge in [-0.15, -0.1) is 0 Å². The number of hydrogen-bond acceptors (Lipinski definition) is 3. The van der Waals surface area contributed by atoms with E-state index in [0.717, 1.165) is 0 Å². The molecule has 0 aliphatic rings. The molecule has 0 saturated heterocycles. The molecule has 2 rings (SSSR count). The monoisotopic (exact) mass is 390 g/mol. The van der Waals surface area contributed by atoms with Crippen LogP contribution in [0.1, 0.15) is 0 Å². The van der Waals surface area contributed by atoms with Crippen molar-refractivity contribution in [2.24, 2.45) is 0 Å². The molecule has 0 amide bonds. The molecule has 0 bridgehead atoms. The van der Waals surface area contributed by atoms with Crippen LogP contribution in [0.15, 0.2) is 30.3 Å². The average molecular weight is 392 g/mol. The maximum atomic E-state index is 6.11. The summed E-state index contributed by atoms with van der Waals surface area (Å²) in [4.78, 5) is 0. The molecule has 4 nitrogen and oxygen atoms in total. The van der Waals surface area contributed by atoms with Crippen molar-refractivity contribution in [3.05, 3.63) is 45.4 Å². The minimum Gasteiger partial charge on any atom is -0.497 e. The third kappa shape index (κ3) is 4.78. The Morgan fingerprint density at radius 1 is 0.826 bits per heavy atom. The number of hydrogen-bond donors (Lipinski definition) is 2. The van der Waals surface area contributed by atoms with Crippen molar-refractivity contribution in [2.75, 3.05) is 24.9 Å². The highest BCUT2D eigenvalue weighted by Crippen LogP contribution is 2.32. The zero-order chi connectivity index (χ0) is 17.0. The summed E-state index contributed by atoms with van der Waals surface area (Å²) in [5.74, 6) is 1.28. The summed E-state index contributed by atoms with van der Waals surface area (Å²) in [5.41, 5.74) is 1.25. The maximum Gasteiger partial charge on any atom is 0.175 e. The van der Waals surface area contributed by atoms with Crippen molar-refractivity contribution >= 4 is 63.5 Å². The number of thiocarbonyl (C=S) groups is 1. The molecule has 0 spiro atoms. The lowest BCUT2D eigenvalue weighted by Crippen LogP contribution is -2.19. The first-order valence-electron chi connectivity index (χ1n) is 6.38. The van der Waals surface area contributed by atoms with Gasteiger partial charge >= 0.3 is 0 Å². The Kier molecular flexibility index (Phi) is 6.18. The molecule has 0 atom stereocenters. The molecule has 0 saturated carbocycles. The first-order chi connectivity index (χ1) is 10.9. The molecular weight excluding hydrogens is 379 g/mol. The number of benzene rings is 2. The van der Waals surface area contributed by atoms with E-state index in [1.165, 1.54) is 0 Å². The number of ether oxygens (including phenoxy) is 2. The lowest BCUT2D eigenvalue weighted by Gasteiger charge is -2.14. The van der Waals surface area contributed by atoms with Crippen molar-refractivity contribution in [1.29, 1.82) is 0 Å². The van der Waals surface area contributed by atoms with Gasteiger partial charge in [-0.1, -0.05) is 34.8 Å². The van der Waals surface area contributed by atoms with Crippen LogP contribution in [0.5, 0.6) is 11.5 Å². The van der Waals surface area contributed by atoms with Crippen LogP contribution in [0.4, 0.5) is 11.4 Å². The van der Waals surface area contributed by atoms with Gasteiger partial charge in [-0.2, -0.15) is 0 Å². The van der Waals surface area contributed by atoms with Gasteiger partial charge in [0.05, 0.1) is 35.0 Å². The molecule has 0 unspecified atom stereocenters. The quantitative estimate of drug-likeness (QED) is 0.534. The van der Waals surface area contributed by atoms with Crippen molar-refractivity contribution in [1.82, 2.24) is 0 Å². The molecule has 122 valence electrons. The molecular formula is C15H13Cl3N2O2S. The van der Waals surface area contributed by atoms with Crippen molar-refractivity contribution < 1.29 is 9.47 Å². The van der Waals surface area contributed by atoms with Crippen molar-refractivity contribution in [3.63, 3.8) is 0 Å². The number of rotatable bonds is 4. The van der Waals surface area contributed by atoms with Gasteiger partial charge in [-0.3, -0.25) is 0 Å². The Balaban J connectivity index is 2.15. The highest BCUT2D eigenvalue weighted by atomic mass is 35.5. The SMILES string of the molecule is COc1cc(NC(=S)Nc2cc(Cl)c(Cl)cc2Cl)cc(OC)c1. The average Bonchev–Trinajstić information content (AvgIpc) is 2.52. The summed E-state index contributed by atoms with van der Waals surface area (Å²) in [6.07, 6.45) is 0. The Hall–Kier alpha value is -1.40. The zero-order valence-electron chi connectivity index (χ0n) is 12.2. The summed E-state index contributed by atoms with van der Waals surface area (Å²) in [6.45, 7) is 0. The third-order valence-corrected chi connectivity index (χ3v) is 4.11. The minimum absolute atomic E-state index is 0.334. The molecule has 0 fully saturated rings. The van der Waals surface area contributed by atoms with Gasteiger partial charge in [0, 0.05) is 23.9 Å². The number of halogens is 3. The van der Waals surface area contributed by atoms with E-state index in [0.29, 0.717) is 43.1 Å². The van der Waals surface area contributed by atoms with Gasteiger partial charge in [-0.05, 0) is 24.4 Å². The van der Waals surface area contributed by atoms with E-state index in [-0.39, 0.29) is 0 Å². The van der Waals surface area contributed by atoms with Crippen LogP contribution in [0, 0.1) is 0 Å². The number of nitrogens with one attached hydrogen (secondary N) is 2. The van der Waals surface area contributed by atoms with Crippen molar-refractivity contribution in [3.8, 4) is 11.5 Å². The fourth-order valence-electron chi connectivity index (χ4n) is 1.78. The summed E-state index contributed by atoms with van der Waals surface area (Å²) in [5, 5.41) is 7.49. The molecule has 23 heavy (non-hydrogen) atoms. The summed E-state index contributed by atoms with van der Waals surface area (Å²) >= 11 is 23.3. The lowest BCUT2D eigenvalue weighted by molar-refractivity contribution is 0.395. The molecule has 0 radical (unpaired) electrons. The van der Waals surface area contributed by atoms with Crippen LogP contribution in [-0.2, 0) is 0 Å². The summed E-state index contributed by atoms with van der Waals surface area (Å²) < 4.78 is 10.4. The van der Waals surface area contributed by atoms with Crippen LogP contribution < -0.4 is 20.1 Å². The molecule has 0 aliphatic heterocycles. The fraction of sp³-hybridized carbons (Fsp3) is 0.133. The van der Waals surface area contributed by atoms with E-state index >= 15 is 0 Å². The third-order valence-electron chi connectivity index (χ3n) is 2.87. The van der Waals surface area contributed by atoms with Gasteiger partial charge in [0.2, 0.25) is 0 Å². The second-order valence-corrected chi connectivity index (χ2v) is 6.06. The molecule has 2 N–H and O–H groups in total. The van der Waals surface area contributed by atoms with E-state index in [1.807, 2.05) is 0 Å². The van der Waals surface area contributed by atoms with Crippen LogP contribution in [0.2, 0.25) is 15.1 Å². The number of anilines is 2. The van der Waals surface area contributed by atoms with Crippen molar-refractivity contribution in [2.45, 2.75) is 0 Å². The molecule has 2 aromatic rings. The molecule has 8 heteroatoms. The Bertz CT molecular complexity index is 719. The van der Waals surface area contributed by atoms with E-state index in [4.69, 9.17) is 56.5 Å².